The SMILES string of the molecule is C1=CC2CCC1C2.C1C2CC3CC1CC(C2)C3.C1CC2COC(C1)C2. The second kappa shape index (κ2) is 7.37. The molecule has 0 N–H and O–H groups in total. The monoisotopic (exact) mass is 342 g/mol. The van der Waals surface area contributed by atoms with Crippen LogP contribution in [0.25, 0.3) is 0 Å². The molecule has 7 fully saturated rings. The molecular weight excluding hydrogens is 304 g/mol. The van der Waals surface area contributed by atoms with Crippen molar-refractivity contribution in [2.45, 2.75) is 89.6 Å². The third kappa shape index (κ3) is 4.02. The van der Waals surface area contributed by atoms with Crippen LogP contribution < -0.4 is 0 Å². The Hall–Kier alpha value is -0.300. The summed E-state index contributed by atoms with van der Waals surface area (Å²) in [6.07, 6.45) is 25.0. The van der Waals surface area contributed by atoms with Crippen molar-refractivity contribution in [3.05, 3.63) is 12.2 Å². The Morgan fingerprint density at radius 1 is 0.520 bits per heavy atom. The Bertz CT molecular complexity index is 398. The fourth-order valence-electron chi connectivity index (χ4n) is 7.52. The minimum absolute atomic E-state index is 0.661. The lowest BCUT2D eigenvalue weighted by Crippen LogP contribution is -2.38. The number of hydrogen-bond donors (Lipinski definition) is 0. The summed E-state index contributed by atoms with van der Waals surface area (Å²) in [5.74, 6) is 7.63. The minimum atomic E-state index is 0.661. The lowest BCUT2D eigenvalue weighted by atomic mass is 9.56. The zero-order valence-corrected chi connectivity index (χ0v) is 16.1. The third-order valence-corrected chi connectivity index (χ3v) is 8.47. The quantitative estimate of drug-likeness (QED) is 0.464. The number of hydrogen-bond acceptors (Lipinski definition) is 1. The summed E-state index contributed by atoms with van der Waals surface area (Å²) in [6, 6.07) is 0. The summed E-state index contributed by atoms with van der Waals surface area (Å²) >= 11 is 0. The smallest absolute Gasteiger partial charge is 0.0578 e. The lowest BCUT2D eigenvalue weighted by molar-refractivity contribution is 0.0198. The van der Waals surface area contributed by atoms with E-state index in [1.54, 1.807) is 38.5 Å². The Balaban J connectivity index is 0.0000000857. The first-order valence-corrected chi connectivity index (χ1v) is 11.6. The van der Waals surface area contributed by atoms with E-state index in [9.17, 15) is 0 Å². The summed E-state index contributed by atoms with van der Waals surface area (Å²) < 4.78 is 5.48. The third-order valence-electron chi connectivity index (χ3n) is 8.47. The first-order valence-electron chi connectivity index (χ1n) is 11.6. The van der Waals surface area contributed by atoms with Gasteiger partial charge in [0, 0.05) is 6.61 Å². The van der Waals surface area contributed by atoms with E-state index in [-0.39, 0.29) is 0 Å². The van der Waals surface area contributed by atoms with E-state index in [0.717, 1.165) is 24.4 Å². The summed E-state index contributed by atoms with van der Waals surface area (Å²) in [4.78, 5) is 0. The maximum absolute atomic E-state index is 5.48. The Morgan fingerprint density at radius 3 is 1.44 bits per heavy atom. The average molecular weight is 343 g/mol. The molecule has 0 aromatic carbocycles. The highest BCUT2D eigenvalue weighted by molar-refractivity contribution is 5.06. The molecule has 8 rings (SSSR count). The van der Waals surface area contributed by atoms with E-state index in [1.807, 2.05) is 0 Å². The highest BCUT2D eigenvalue weighted by Gasteiger charge is 2.41. The first kappa shape index (κ1) is 16.8. The summed E-state index contributed by atoms with van der Waals surface area (Å²) in [6.45, 7) is 1.06. The van der Waals surface area contributed by atoms with E-state index >= 15 is 0 Å². The van der Waals surface area contributed by atoms with E-state index in [1.165, 1.54) is 68.6 Å². The Kier molecular flexibility index (Phi) is 4.97. The van der Waals surface area contributed by atoms with Gasteiger partial charge in [0.2, 0.25) is 0 Å². The van der Waals surface area contributed by atoms with Crippen molar-refractivity contribution in [3.63, 3.8) is 0 Å². The topological polar surface area (TPSA) is 9.23 Å². The second-order valence-corrected chi connectivity index (χ2v) is 10.6. The number of ether oxygens (including phenoxy) is 1. The summed E-state index contributed by atoms with van der Waals surface area (Å²) in [5, 5.41) is 0. The number of allylic oxidation sites excluding steroid dienone is 2. The predicted molar refractivity (Wildman–Crippen MR) is 103 cm³/mol. The molecule has 1 heterocycles. The van der Waals surface area contributed by atoms with Crippen molar-refractivity contribution in [2.75, 3.05) is 6.61 Å². The predicted octanol–water partition coefficient (Wildman–Crippen LogP) is 6.38. The summed E-state index contributed by atoms with van der Waals surface area (Å²) in [7, 11) is 0. The molecular formula is C24H38O. The van der Waals surface area contributed by atoms with Crippen molar-refractivity contribution in [2.24, 2.45) is 41.4 Å². The molecule has 4 atom stereocenters. The van der Waals surface area contributed by atoms with Crippen LogP contribution in [0.4, 0.5) is 0 Å². The fourth-order valence-corrected chi connectivity index (χ4v) is 7.52. The highest BCUT2D eigenvalue weighted by Crippen LogP contribution is 2.53. The van der Waals surface area contributed by atoms with Gasteiger partial charge in [-0.2, -0.15) is 0 Å². The average Bonchev–Trinajstić information content (AvgIpc) is 3.33. The lowest BCUT2D eigenvalue weighted by Gasteiger charge is -2.49. The van der Waals surface area contributed by atoms with Gasteiger partial charge < -0.3 is 4.74 Å². The molecule has 0 radical (unpaired) electrons. The van der Waals surface area contributed by atoms with E-state index in [4.69, 9.17) is 4.74 Å². The maximum Gasteiger partial charge on any atom is 0.0578 e. The Morgan fingerprint density at radius 2 is 1.08 bits per heavy atom. The maximum atomic E-state index is 5.48. The van der Waals surface area contributed by atoms with Gasteiger partial charge in [0.1, 0.15) is 0 Å². The van der Waals surface area contributed by atoms with E-state index in [2.05, 4.69) is 12.2 Å². The normalized spacial score (nSPS) is 50.2. The van der Waals surface area contributed by atoms with Gasteiger partial charge in [-0.05, 0) is 118 Å². The van der Waals surface area contributed by atoms with Crippen LogP contribution in [-0.2, 0) is 4.74 Å². The zero-order valence-electron chi connectivity index (χ0n) is 16.1. The van der Waals surface area contributed by atoms with Gasteiger partial charge in [0.05, 0.1) is 6.10 Å². The number of rotatable bonds is 0. The second-order valence-electron chi connectivity index (χ2n) is 10.6. The number of fused-ring (bicyclic) bond motifs is 4. The van der Waals surface area contributed by atoms with Gasteiger partial charge >= 0.3 is 0 Å². The van der Waals surface area contributed by atoms with Crippen LogP contribution in [-0.4, -0.2) is 12.7 Å². The van der Waals surface area contributed by atoms with E-state index in [0.29, 0.717) is 6.10 Å². The molecule has 8 bridgehead atoms. The molecule has 1 nitrogen and oxygen atoms in total. The van der Waals surface area contributed by atoms with Gasteiger partial charge in [-0.3, -0.25) is 0 Å². The molecule has 7 aliphatic carbocycles. The standard InChI is InChI=1S/C10H16.C7H12O.C7H10/c1-7-2-9-4-8(1)5-10(3-7)6-9;1-2-6-4-7(3-1)8-5-6;1-2-7-4-3-6(1)5-7/h7-10H,1-6H2;6-7H,1-5H2;1-2,6-7H,3-5H2. The highest BCUT2D eigenvalue weighted by atomic mass is 16.5. The molecule has 0 amide bonds. The van der Waals surface area contributed by atoms with Crippen LogP contribution in [0.1, 0.15) is 83.5 Å². The molecule has 0 aromatic rings. The first-order chi connectivity index (χ1) is 12.3. The molecule has 140 valence electrons. The molecule has 4 unspecified atom stereocenters. The van der Waals surface area contributed by atoms with Crippen molar-refractivity contribution >= 4 is 0 Å². The molecule has 1 aliphatic heterocycles. The molecule has 25 heavy (non-hydrogen) atoms. The summed E-state index contributed by atoms with van der Waals surface area (Å²) in [5.41, 5.74) is 0. The van der Waals surface area contributed by atoms with Crippen molar-refractivity contribution in [1.82, 2.24) is 0 Å². The van der Waals surface area contributed by atoms with Crippen molar-refractivity contribution in [3.8, 4) is 0 Å². The van der Waals surface area contributed by atoms with Gasteiger partial charge in [0.25, 0.3) is 0 Å². The van der Waals surface area contributed by atoms with Gasteiger partial charge in [-0.1, -0.05) is 18.6 Å². The van der Waals surface area contributed by atoms with Crippen LogP contribution in [0.3, 0.4) is 0 Å². The van der Waals surface area contributed by atoms with E-state index < -0.39 is 0 Å². The van der Waals surface area contributed by atoms with Crippen LogP contribution in [0, 0.1) is 41.4 Å². The zero-order chi connectivity index (χ0) is 16.6. The van der Waals surface area contributed by atoms with Crippen LogP contribution in [0.2, 0.25) is 0 Å². The van der Waals surface area contributed by atoms with Crippen LogP contribution in [0.5, 0.6) is 0 Å². The Labute approximate surface area is 155 Å². The molecule has 0 spiro atoms. The van der Waals surface area contributed by atoms with Gasteiger partial charge in [0.15, 0.2) is 0 Å². The van der Waals surface area contributed by atoms with Crippen LogP contribution >= 0.6 is 0 Å². The van der Waals surface area contributed by atoms with Crippen LogP contribution in [0.15, 0.2) is 12.2 Å². The van der Waals surface area contributed by atoms with Gasteiger partial charge in [-0.25, -0.2) is 0 Å². The largest absolute Gasteiger partial charge is 0.378 e. The fraction of sp³-hybridized carbons (Fsp3) is 0.917. The van der Waals surface area contributed by atoms with Crippen molar-refractivity contribution < 1.29 is 4.74 Å². The molecule has 8 aliphatic rings. The van der Waals surface area contributed by atoms with Crippen molar-refractivity contribution in [1.29, 1.82) is 0 Å². The molecule has 1 heteroatoms. The minimum Gasteiger partial charge on any atom is -0.378 e. The molecule has 0 aromatic heterocycles. The molecule has 6 saturated carbocycles. The van der Waals surface area contributed by atoms with Gasteiger partial charge in [-0.15, -0.1) is 0 Å². The molecule has 1 saturated heterocycles.